The van der Waals surface area contributed by atoms with Crippen LogP contribution in [0.5, 0.6) is 0 Å². The fourth-order valence-electron chi connectivity index (χ4n) is 3.65. The van der Waals surface area contributed by atoms with Crippen LogP contribution in [0.4, 0.5) is 0 Å². The first kappa shape index (κ1) is 15.7. The van der Waals surface area contributed by atoms with Crippen LogP contribution in [0.15, 0.2) is 89.9 Å². The van der Waals surface area contributed by atoms with Gasteiger partial charge in [0.1, 0.15) is 5.82 Å². The van der Waals surface area contributed by atoms with Crippen LogP contribution in [-0.2, 0) is 6.42 Å². The minimum absolute atomic E-state index is 0.967. The number of allylic oxidation sites excluding steroid dienone is 1. The highest BCUT2D eigenvalue weighted by molar-refractivity contribution is 6.01. The van der Waals surface area contributed by atoms with E-state index >= 15 is 0 Å². The summed E-state index contributed by atoms with van der Waals surface area (Å²) in [4.78, 5) is 2.38. The van der Waals surface area contributed by atoms with E-state index in [1.807, 2.05) is 17.3 Å². The monoisotopic (exact) mass is 329 g/mol. The zero-order valence-electron chi connectivity index (χ0n) is 14.4. The van der Waals surface area contributed by atoms with Crippen LogP contribution in [0.1, 0.15) is 30.4 Å². The number of hydrazone groups is 1. The Labute approximate surface area is 149 Å². The topological polar surface area (TPSA) is 18.8 Å². The lowest BCUT2D eigenvalue weighted by molar-refractivity contribution is 0.398. The molecule has 0 bridgehead atoms. The van der Waals surface area contributed by atoms with Crippen molar-refractivity contribution in [1.29, 1.82) is 0 Å². The van der Waals surface area contributed by atoms with Crippen molar-refractivity contribution in [3.05, 3.63) is 96.0 Å². The van der Waals surface area contributed by atoms with Gasteiger partial charge in [-0.2, -0.15) is 0 Å². The van der Waals surface area contributed by atoms with Crippen molar-refractivity contribution in [2.75, 3.05) is 6.54 Å². The lowest BCUT2D eigenvalue weighted by Crippen LogP contribution is -2.29. The molecular formula is C22H23N3. The van der Waals surface area contributed by atoms with Gasteiger partial charge >= 0.3 is 0 Å². The molecule has 0 fully saturated rings. The van der Waals surface area contributed by atoms with Crippen LogP contribution >= 0.6 is 0 Å². The maximum absolute atomic E-state index is 4.85. The molecule has 0 aromatic heterocycles. The van der Waals surface area contributed by atoms with Crippen LogP contribution in [0.3, 0.4) is 0 Å². The molecule has 2 aliphatic rings. The highest BCUT2D eigenvalue weighted by Crippen LogP contribution is 2.33. The van der Waals surface area contributed by atoms with Crippen molar-refractivity contribution in [3.63, 3.8) is 0 Å². The predicted molar refractivity (Wildman–Crippen MR) is 103 cm³/mol. The van der Waals surface area contributed by atoms with E-state index in [0.29, 0.717) is 0 Å². The highest BCUT2D eigenvalue weighted by atomic mass is 15.6. The summed E-state index contributed by atoms with van der Waals surface area (Å²) in [6, 6.07) is 21.1. The lowest BCUT2D eigenvalue weighted by Gasteiger charge is -2.24. The molecule has 0 amide bonds. The molecule has 4 rings (SSSR count). The number of benzene rings is 2. The van der Waals surface area contributed by atoms with Crippen LogP contribution in [-0.4, -0.2) is 22.3 Å². The Morgan fingerprint density at radius 1 is 0.960 bits per heavy atom. The lowest BCUT2D eigenvalue weighted by atomic mass is 10.0. The van der Waals surface area contributed by atoms with Gasteiger partial charge in [0.05, 0.1) is 0 Å². The molecule has 0 spiro atoms. The molecule has 2 aromatic rings. The van der Waals surface area contributed by atoms with E-state index in [0.717, 1.165) is 30.8 Å². The molecule has 0 saturated heterocycles. The summed E-state index contributed by atoms with van der Waals surface area (Å²) in [5.41, 5.74) is 3.95. The molecule has 0 aliphatic carbocycles. The molecule has 126 valence electrons. The molecular weight excluding hydrogens is 306 g/mol. The van der Waals surface area contributed by atoms with Gasteiger partial charge in [-0.15, -0.1) is 5.10 Å². The van der Waals surface area contributed by atoms with Crippen molar-refractivity contribution in [2.45, 2.75) is 25.7 Å². The third-order valence-corrected chi connectivity index (χ3v) is 4.82. The third-order valence-electron chi connectivity index (χ3n) is 4.82. The normalized spacial score (nSPS) is 17.2. The summed E-state index contributed by atoms with van der Waals surface area (Å²) >= 11 is 0. The Morgan fingerprint density at radius 2 is 1.68 bits per heavy atom. The van der Waals surface area contributed by atoms with Crippen LogP contribution < -0.4 is 0 Å². The van der Waals surface area contributed by atoms with Gasteiger partial charge in [-0.1, -0.05) is 67.2 Å². The highest BCUT2D eigenvalue weighted by Gasteiger charge is 2.32. The zero-order valence-corrected chi connectivity index (χ0v) is 14.4. The fraction of sp³-hybridized carbons (Fsp3) is 0.227. The number of hydrogen-bond donors (Lipinski definition) is 0. The molecule has 0 saturated carbocycles. The second-order valence-electron chi connectivity index (χ2n) is 6.52. The molecule has 0 unspecified atom stereocenters. The van der Waals surface area contributed by atoms with E-state index < -0.39 is 0 Å². The summed E-state index contributed by atoms with van der Waals surface area (Å²) in [7, 11) is 0. The summed E-state index contributed by atoms with van der Waals surface area (Å²) in [5.74, 6) is 2.23. The Balaban J connectivity index is 1.75. The van der Waals surface area contributed by atoms with Gasteiger partial charge in [0.2, 0.25) is 0 Å². The van der Waals surface area contributed by atoms with E-state index in [1.165, 1.54) is 29.8 Å². The second-order valence-corrected chi connectivity index (χ2v) is 6.52. The molecule has 25 heavy (non-hydrogen) atoms. The van der Waals surface area contributed by atoms with Crippen LogP contribution in [0, 0.1) is 0 Å². The first-order chi connectivity index (χ1) is 12.4. The number of hydrogen-bond acceptors (Lipinski definition) is 3. The van der Waals surface area contributed by atoms with Gasteiger partial charge in [-0.25, -0.2) is 5.01 Å². The standard InChI is InChI=1S/C22H23N3/c1-2-25-22-20(17-18-11-5-3-6-12-18)15-9-10-16-24(22)21(23-25)19-13-7-4-8-14-19/h2-8,11-14H,1,9-10,15-17H2. The number of rotatable bonds is 4. The minimum atomic E-state index is 0.967. The maximum Gasteiger partial charge on any atom is 0.162 e. The second kappa shape index (κ2) is 6.98. The molecule has 3 nitrogen and oxygen atoms in total. The first-order valence-electron chi connectivity index (χ1n) is 8.96. The van der Waals surface area contributed by atoms with Gasteiger partial charge < -0.3 is 4.90 Å². The number of fused-ring (bicyclic) bond motifs is 1. The quantitative estimate of drug-likeness (QED) is 0.806. The van der Waals surface area contributed by atoms with Crippen molar-refractivity contribution in [2.24, 2.45) is 5.10 Å². The maximum atomic E-state index is 4.85. The Morgan fingerprint density at radius 3 is 2.40 bits per heavy atom. The average molecular weight is 329 g/mol. The van der Waals surface area contributed by atoms with Crippen LogP contribution in [0.2, 0.25) is 0 Å². The SMILES string of the molecule is C=CN1N=C(c2ccccc2)N2CCCCC(Cc3ccccc3)=C12. The number of amidine groups is 1. The molecule has 0 N–H and O–H groups in total. The molecule has 0 atom stereocenters. The summed E-state index contributed by atoms with van der Waals surface area (Å²) in [5, 5.41) is 6.82. The predicted octanol–water partition coefficient (Wildman–Crippen LogP) is 4.75. The van der Waals surface area contributed by atoms with E-state index in [1.54, 1.807) is 0 Å². The van der Waals surface area contributed by atoms with E-state index in [2.05, 4.69) is 66.1 Å². The molecule has 2 aliphatic heterocycles. The van der Waals surface area contributed by atoms with E-state index in [9.17, 15) is 0 Å². The first-order valence-corrected chi connectivity index (χ1v) is 8.96. The smallest absolute Gasteiger partial charge is 0.162 e. The van der Waals surface area contributed by atoms with Gasteiger partial charge in [-0.3, -0.25) is 0 Å². The van der Waals surface area contributed by atoms with Crippen molar-refractivity contribution < 1.29 is 0 Å². The molecule has 2 aromatic carbocycles. The van der Waals surface area contributed by atoms with Gasteiger partial charge in [0.15, 0.2) is 5.84 Å². The summed E-state index contributed by atoms with van der Waals surface area (Å²) < 4.78 is 0. The Kier molecular flexibility index (Phi) is 4.38. The van der Waals surface area contributed by atoms with Gasteiger partial charge in [0, 0.05) is 18.3 Å². The van der Waals surface area contributed by atoms with Crippen molar-refractivity contribution in [1.82, 2.24) is 9.91 Å². The zero-order chi connectivity index (χ0) is 17.1. The van der Waals surface area contributed by atoms with Gasteiger partial charge in [-0.05, 0) is 36.8 Å². The molecule has 2 heterocycles. The molecule has 3 heteroatoms. The van der Waals surface area contributed by atoms with Crippen molar-refractivity contribution >= 4 is 5.84 Å². The Hall–Kier alpha value is -2.81. The average Bonchev–Trinajstić information content (AvgIpc) is 2.92. The van der Waals surface area contributed by atoms with Crippen LogP contribution in [0.25, 0.3) is 0 Å². The van der Waals surface area contributed by atoms with Gasteiger partial charge in [0.25, 0.3) is 0 Å². The summed E-state index contributed by atoms with van der Waals surface area (Å²) in [6.07, 6.45) is 6.31. The Bertz CT molecular complexity index is 806. The fourth-order valence-corrected chi connectivity index (χ4v) is 3.65. The van der Waals surface area contributed by atoms with E-state index in [4.69, 9.17) is 5.10 Å². The largest absolute Gasteiger partial charge is 0.309 e. The molecule has 0 radical (unpaired) electrons. The minimum Gasteiger partial charge on any atom is -0.309 e. The summed E-state index contributed by atoms with van der Waals surface area (Å²) in [6.45, 7) is 5.00. The third kappa shape index (κ3) is 3.10. The van der Waals surface area contributed by atoms with E-state index in [-0.39, 0.29) is 0 Å². The number of nitrogens with zero attached hydrogens (tertiary/aromatic N) is 3. The van der Waals surface area contributed by atoms with Crippen molar-refractivity contribution in [3.8, 4) is 0 Å².